The lowest BCUT2D eigenvalue weighted by Crippen LogP contribution is -2.36. The molecule has 1 aromatic carbocycles. The molecule has 2 atom stereocenters. The maximum absolute atomic E-state index is 12.8. The van der Waals surface area contributed by atoms with Crippen molar-refractivity contribution in [2.75, 3.05) is 17.6 Å². The van der Waals surface area contributed by atoms with Gasteiger partial charge in [-0.3, -0.25) is 9.59 Å². The SMILES string of the molecule is Cc1ccccc1-c1cc2cc(NC(=O)C3C[C@@]34CCNC(=O)C4)ncc2c(N)n1. The Labute approximate surface area is 174 Å². The highest BCUT2D eigenvalue weighted by Crippen LogP contribution is 2.59. The fourth-order valence-corrected chi connectivity index (χ4v) is 4.57. The Morgan fingerprint density at radius 1 is 1.30 bits per heavy atom. The van der Waals surface area contributed by atoms with Gasteiger partial charge in [0.15, 0.2) is 0 Å². The van der Waals surface area contributed by atoms with E-state index < -0.39 is 0 Å². The summed E-state index contributed by atoms with van der Waals surface area (Å²) in [5.41, 5.74) is 8.93. The van der Waals surface area contributed by atoms with Crippen molar-refractivity contribution < 1.29 is 9.59 Å². The number of rotatable bonds is 3. The number of anilines is 2. The molecule has 4 N–H and O–H groups in total. The Bertz CT molecular complexity index is 1190. The molecule has 1 spiro atoms. The predicted octanol–water partition coefficient (Wildman–Crippen LogP) is 3.04. The van der Waals surface area contributed by atoms with Gasteiger partial charge in [0.2, 0.25) is 11.8 Å². The number of pyridine rings is 2. The summed E-state index contributed by atoms with van der Waals surface area (Å²) in [7, 11) is 0. The lowest BCUT2D eigenvalue weighted by molar-refractivity contribution is -0.124. The van der Waals surface area contributed by atoms with Crippen LogP contribution in [0.3, 0.4) is 0 Å². The van der Waals surface area contributed by atoms with Crippen LogP contribution in [-0.4, -0.2) is 28.3 Å². The lowest BCUT2D eigenvalue weighted by atomic mass is 9.91. The summed E-state index contributed by atoms with van der Waals surface area (Å²) in [6, 6.07) is 11.8. The van der Waals surface area contributed by atoms with E-state index >= 15 is 0 Å². The summed E-state index contributed by atoms with van der Waals surface area (Å²) in [4.78, 5) is 33.4. The van der Waals surface area contributed by atoms with Gasteiger partial charge in [-0.25, -0.2) is 9.97 Å². The van der Waals surface area contributed by atoms with E-state index in [0.29, 0.717) is 24.6 Å². The summed E-state index contributed by atoms with van der Waals surface area (Å²) in [5, 5.41) is 7.38. The maximum Gasteiger partial charge on any atom is 0.229 e. The predicted molar refractivity (Wildman–Crippen MR) is 116 cm³/mol. The third-order valence-electron chi connectivity index (χ3n) is 6.38. The van der Waals surface area contributed by atoms with E-state index in [4.69, 9.17) is 5.73 Å². The number of amides is 2. The highest BCUT2D eigenvalue weighted by Gasteiger charge is 2.59. The third-order valence-corrected chi connectivity index (χ3v) is 6.38. The molecule has 3 aromatic rings. The molecule has 2 aliphatic rings. The van der Waals surface area contributed by atoms with Crippen LogP contribution < -0.4 is 16.4 Å². The fraction of sp³-hybridized carbons (Fsp3) is 0.304. The summed E-state index contributed by atoms with van der Waals surface area (Å²) in [5.74, 6) is 0.720. The van der Waals surface area contributed by atoms with Crippen molar-refractivity contribution in [3.8, 4) is 11.3 Å². The van der Waals surface area contributed by atoms with Gasteiger partial charge in [0.05, 0.1) is 5.69 Å². The molecule has 152 valence electrons. The highest BCUT2D eigenvalue weighted by molar-refractivity contribution is 5.99. The molecule has 0 radical (unpaired) electrons. The molecule has 30 heavy (non-hydrogen) atoms. The molecular weight excluding hydrogens is 378 g/mol. The Morgan fingerprint density at radius 2 is 2.13 bits per heavy atom. The van der Waals surface area contributed by atoms with Crippen molar-refractivity contribution in [3.05, 3.63) is 48.2 Å². The molecule has 7 heteroatoms. The van der Waals surface area contributed by atoms with Gasteiger partial charge in [0.25, 0.3) is 0 Å². The molecule has 5 rings (SSSR count). The van der Waals surface area contributed by atoms with E-state index in [0.717, 1.165) is 40.4 Å². The second-order valence-electron chi connectivity index (χ2n) is 8.38. The first-order valence-electron chi connectivity index (χ1n) is 10.2. The van der Waals surface area contributed by atoms with E-state index in [9.17, 15) is 9.59 Å². The largest absolute Gasteiger partial charge is 0.383 e. The number of nitrogens with two attached hydrogens (primary N) is 1. The molecule has 1 aliphatic heterocycles. The van der Waals surface area contributed by atoms with Crippen LogP contribution in [0.5, 0.6) is 0 Å². The van der Waals surface area contributed by atoms with Crippen LogP contribution in [0, 0.1) is 18.3 Å². The minimum atomic E-state index is -0.171. The molecule has 2 aromatic heterocycles. The average molecular weight is 401 g/mol. The van der Waals surface area contributed by atoms with Gasteiger partial charge in [0.1, 0.15) is 11.6 Å². The Morgan fingerprint density at radius 3 is 2.93 bits per heavy atom. The minimum Gasteiger partial charge on any atom is -0.383 e. The average Bonchev–Trinajstić information content (AvgIpc) is 3.40. The number of aromatic nitrogens is 2. The molecule has 7 nitrogen and oxygen atoms in total. The number of nitrogen functional groups attached to an aromatic ring is 1. The van der Waals surface area contributed by atoms with Crippen LogP contribution in [0.4, 0.5) is 11.6 Å². The zero-order valence-corrected chi connectivity index (χ0v) is 16.7. The summed E-state index contributed by atoms with van der Waals surface area (Å²) >= 11 is 0. The Hall–Kier alpha value is -3.48. The molecule has 1 aliphatic carbocycles. The van der Waals surface area contributed by atoms with E-state index in [1.165, 1.54) is 0 Å². The van der Waals surface area contributed by atoms with E-state index in [1.54, 1.807) is 6.20 Å². The number of carbonyl (C=O) groups is 2. The van der Waals surface area contributed by atoms with Gasteiger partial charge in [-0.15, -0.1) is 0 Å². The lowest BCUT2D eigenvalue weighted by Gasteiger charge is -2.22. The monoisotopic (exact) mass is 401 g/mol. The number of fused-ring (bicyclic) bond motifs is 1. The smallest absolute Gasteiger partial charge is 0.229 e. The van der Waals surface area contributed by atoms with Crippen molar-refractivity contribution in [2.24, 2.45) is 11.3 Å². The topological polar surface area (TPSA) is 110 Å². The number of hydrogen-bond acceptors (Lipinski definition) is 5. The van der Waals surface area contributed by atoms with Crippen LogP contribution in [0.15, 0.2) is 42.6 Å². The van der Waals surface area contributed by atoms with Crippen LogP contribution in [0.1, 0.15) is 24.8 Å². The number of hydrogen-bond donors (Lipinski definition) is 3. The molecule has 1 saturated carbocycles. The number of benzene rings is 1. The van der Waals surface area contributed by atoms with Gasteiger partial charge in [-0.1, -0.05) is 24.3 Å². The van der Waals surface area contributed by atoms with Crippen molar-refractivity contribution in [1.29, 1.82) is 0 Å². The van der Waals surface area contributed by atoms with Crippen LogP contribution in [0.2, 0.25) is 0 Å². The number of carbonyl (C=O) groups excluding carboxylic acids is 2. The standard InChI is InChI=1S/C23H23N5O2/c1-13-4-2-3-5-15(13)18-8-14-9-19(26-12-16(14)21(24)27-18)28-22(30)17-10-23(17)6-7-25-20(29)11-23/h2-5,8-9,12,17H,6-7,10-11H2,1H3,(H2,24,27)(H,25,29)(H,26,28,30)/t17?,23-/m1/s1. The van der Waals surface area contributed by atoms with E-state index in [1.807, 2.05) is 43.3 Å². The van der Waals surface area contributed by atoms with Crippen LogP contribution in [-0.2, 0) is 9.59 Å². The molecule has 1 unspecified atom stereocenters. The van der Waals surface area contributed by atoms with Gasteiger partial charge in [-0.2, -0.15) is 0 Å². The number of nitrogens with one attached hydrogen (secondary N) is 2. The number of nitrogens with zero attached hydrogens (tertiary/aromatic N) is 2. The van der Waals surface area contributed by atoms with E-state index in [-0.39, 0.29) is 23.1 Å². The quantitative estimate of drug-likeness (QED) is 0.625. The fourth-order valence-electron chi connectivity index (χ4n) is 4.57. The zero-order chi connectivity index (χ0) is 20.9. The second-order valence-corrected chi connectivity index (χ2v) is 8.38. The maximum atomic E-state index is 12.8. The van der Waals surface area contributed by atoms with Crippen molar-refractivity contribution in [2.45, 2.75) is 26.2 Å². The van der Waals surface area contributed by atoms with Gasteiger partial charge < -0.3 is 16.4 Å². The Kier molecular flexibility index (Phi) is 4.20. The number of aryl methyl sites for hydroxylation is 1. The second kappa shape index (κ2) is 6.79. The van der Waals surface area contributed by atoms with Crippen LogP contribution in [0.25, 0.3) is 22.0 Å². The Balaban J connectivity index is 1.41. The zero-order valence-electron chi connectivity index (χ0n) is 16.7. The van der Waals surface area contributed by atoms with Crippen LogP contribution >= 0.6 is 0 Å². The molecule has 1 saturated heterocycles. The van der Waals surface area contributed by atoms with Crippen molar-refractivity contribution in [1.82, 2.24) is 15.3 Å². The summed E-state index contributed by atoms with van der Waals surface area (Å²) in [6.45, 7) is 2.68. The first-order valence-corrected chi connectivity index (χ1v) is 10.2. The highest BCUT2D eigenvalue weighted by atomic mass is 16.2. The molecule has 3 heterocycles. The molecule has 2 amide bonds. The van der Waals surface area contributed by atoms with Gasteiger partial charge in [-0.05, 0) is 48.3 Å². The molecule has 2 fully saturated rings. The van der Waals surface area contributed by atoms with Gasteiger partial charge in [0, 0.05) is 36.0 Å². The first-order chi connectivity index (χ1) is 14.4. The number of piperidine rings is 1. The minimum absolute atomic E-state index is 0.0343. The first kappa shape index (κ1) is 18.5. The van der Waals surface area contributed by atoms with Crippen molar-refractivity contribution >= 4 is 34.2 Å². The third kappa shape index (κ3) is 3.16. The summed E-state index contributed by atoms with van der Waals surface area (Å²) in [6.07, 6.45) is 3.68. The van der Waals surface area contributed by atoms with Crippen molar-refractivity contribution in [3.63, 3.8) is 0 Å². The molecule has 0 bridgehead atoms. The van der Waals surface area contributed by atoms with E-state index in [2.05, 4.69) is 20.6 Å². The normalized spacial score (nSPS) is 22.7. The summed E-state index contributed by atoms with van der Waals surface area (Å²) < 4.78 is 0. The van der Waals surface area contributed by atoms with Gasteiger partial charge >= 0.3 is 0 Å². The molecular formula is C23H23N5O2.